The summed E-state index contributed by atoms with van der Waals surface area (Å²) in [6.45, 7) is 5.12. The van der Waals surface area contributed by atoms with Gasteiger partial charge in [-0.1, -0.05) is 17.7 Å². The molecule has 0 saturated carbocycles. The van der Waals surface area contributed by atoms with Crippen LogP contribution >= 0.6 is 35.6 Å². The number of ether oxygens (including phenoxy) is 1. The van der Waals surface area contributed by atoms with Crippen LogP contribution in [-0.2, 0) is 11.3 Å². The monoisotopic (exact) mass is 424 g/mol. The summed E-state index contributed by atoms with van der Waals surface area (Å²) < 4.78 is 5.59. The molecule has 0 aromatic carbocycles. The Hall–Kier alpha value is -0.600. The lowest BCUT2D eigenvalue weighted by molar-refractivity contribution is 0.114. The minimum absolute atomic E-state index is 0. The molecule has 7 heteroatoms. The van der Waals surface area contributed by atoms with Gasteiger partial charge in [0.05, 0.1) is 12.6 Å². The first kappa shape index (κ1) is 18.4. The first-order chi connectivity index (χ1) is 9.78. The van der Waals surface area contributed by atoms with Crippen LogP contribution in [0.5, 0.6) is 0 Å². The highest BCUT2D eigenvalue weighted by Crippen LogP contribution is 2.10. The van der Waals surface area contributed by atoms with E-state index >= 15 is 0 Å². The molecule has 1 fully saturated rings. The molecule has 21 heavy (non-hydrogen) atoms. The second kappa shape index (κ2) is 10.2. The van der Waals surface area contributed by atoms with Crippen LogP contribution in [0.25, 0.3) is 0 Å². The van der Waals surface area contributed by atoms with Crippen molar-refractivity contribution in [3.63, 3.8) is 0 Å². The summed E-state index contributed by atoms with van der Waals surface area (Å²) in [4.78, 5) is 8.58. The number of nitrogens with zero attached hydrogens (tertiary/aromatic N) is 2. The lowest BCUT2D eigenvalue weighted by Crippen LogP contribution is -2.41. The van der Waals surface area contributed by atoms with E-state index in [2.05, 4.69) is 20.6 Å². The molecule has 0 amide bonds. The van der Waals surface area contributed by atoms with Gasteiger partial charge in [0.2, 0.25) is 0 Å². The smallest absolute Gasteiger partial charge is 0.191 e. The van der Waals surface area contributed by atoms with E-state index in [-0.39, 0.29) is 24.0 Å². The van der Waals surface area contributed by atoms with Gasteiger partial charge in [-0.3, -0.25) is 0 Å². The second-order valence-electron chi connectivity index (χ2n) is 4.70. The van der Waals surface area contributed by atoms with Crippen molar-refractivity contribution in [2.75, 3.05) is 19.7 Å². The Balaban J connectivity index is 0.00000220. The Morgan fingerprint density at radius 1 is 1.48 bits per heavy atom. The van der Waals surface area contributed by atoms with E-state index in [9.17, 15) is 0 Å². The number of halogens is 2. The minimum Gasteiger partial charge on any atom is -0.376 e. The number of guanidine groups is 1. The summed E-state index contributed by atoms with van der Waals surface area (Å²) >= 11 is 5.76. The second-order valence-corrected chi connectivity index (χ2v) is 5.09. The summed E-state index contributed by atoms with van der Waals surface area (Å²) in [5.74, 6) is 0.804. The van der Waals surface area contributed by atoms with E-state index in [4.69, 9.17) is 16.3 Å². The predicted molar refractivity (Wildman–Crippen MR) is 96.5 cm³/mol. The summed E-state index contributed by atoms with van der Waals surface area (Å²) in [7, 11) is 0. The zero-order valence-corrected chi connectivity index (χ0v) is 15.2. The molecule has 0 spiro atoms. The Morgan fingerprint density at radius 3 is 2.95 bits per heavy atom. The van der Waals surface area contributed by atoms with Crippen molar-refractivity contribution in [1.82, 2.24) is 15.6 Å². The normalized spacial score (nSPS) is 18.2. The first-order valence-electron chi connectivity index (χ1n) is 7.02. The summed E-state index contributed by atoms with van der Waals surface area (Å²) in [6, 6.07) is 3.71. The number of pyridine rings is 1. The van der Waals surface area contributed by atoms with Crippen LogP contribution < -0.4 is 10.6 Å². The molecule has 1 unspecified atom stereocenters. The molecule has 2 rings (SSSR count). The van der Waals surface area contributed by atoms with E-state index in [0.29, 0.717) is 17.8 Å². The molecule has 1 aromatic heterocycles. The van der Waals surface area contributed by atoms with Crippen molar-refractivity contribution in [2.45, 2.75) is 32.4 Å². The number of nitrogens with one attached hydrogen (secondary N) is 2. The zero-order valence-electron chi connectivity index (χ0n) is 12.1. The third kappa shape index (κ3) is 6.80. The highest BCUT2D eigenvalue weighted by atomic mass is 127. The molecule has 1 aromatic rings. The largest absolute Gasteiger partial charge is 0.376 e. The molecule has 0 aliphatic carbocycles. The number of rotatable bonds is 5. The van der Waals surface area contributed by atoms with Crippen molar-refractivity contribution in [1.29, 1.82) is 0 Å². The highest BCUT2D eigenvalue weighted by Gasteiger charge is 2.15. The highest BCUT2D eigenvalue weighted by molar-refractivity contribution is 14.0. The van der Waals surface area contributed by atoms with Crippen LogP contribution in [0.4, 0.5) is 0 Å². The average molecular weight is 425 g/mol. The van der Waals surface area contributed by atoms with Crippen molar-refractivity contribution in [2.24, 2.45) is 4.99 Å². The maximum atomic E-state index is 5.76. The number of aliphatic imine (C=N–C) groups is 1. The molecule has 5 nitrogen and oxygen atoms in total. The van der Waals surface area contributed by atoms with Crippen LogP contribution in [0.15, 0.2) is 23.3 Å². The van der Waals surface area contributed by atoms with Gasteiger partial charge >= 0.3 is 0 Å². The van der Waals surface area contributed by atoms with Gasteiger partial charge in [-0.2, -0.15) is 0 Å². The van der Waals surface area contributed by atoms with E-state index < -0.39 is 0 Å². The number of aromatic nitrogens is 1. The molecule has 0 bridgehead atoms. The third-order valence-corrected chi connectivity index (χ3v) is 3.30. The first-order valence-corrected chi connectivity index (χ1v) is 7.40. The van der Waals surface area contributed by atoms with Crippen LogP contribution in [0.1, 0.15) is 25.3 Å². The molecule has 1 aliphatic rings. The fraction of sp³-hybridized carbons (Fsp3) is 0.571. The fourth-order valence-corrected chi connectivity index (χ4v) is 2.14. The lowest BCUT2D eigenvalue weighted by Gasteiger charge is -2.14. The Kier molecular flexibility index (Phi) is 8.94. The van der Waals surface area contributed by atoms with Crippen molar-refractivity contribution >= 4 is 41.5 Å². The third-order valence-electron chi connectivity index (χ3n) is 3.07. The predicted octanol–water partition coefficient (Wildman–Crippen LogP) is 2.59. The molecule has 1 aliphatic heterocycles. The van der Waals surface area contributed by atoms with Gasteiger partial charge in [-0.25, -0.2) is 9.98 Å². The van der Waals surface area contributed by atoms with Gasteiger partial charge in [-0.15, -0.1) is 24.0 Å². The van der Waals surface area contributed by atoms with E-state index in [1.807, 2.05) is 13.0 Å². The van der Waals surface area contributed by atoms with Crippen molar-refractivity contribution < 1.29 is 4.74 Å². The van der Waals surface area contributed by atoms with Gasteiger partial charge in [-0.05, 0) is 31.4 Å². The van der Waals surface area contributed by atoms with Gasteiger partial charge < -0.3 is 15.4 Å². The minimum atomic E-state index is 0. The van der Waals surface area contributed by atoms with Crippen LogP contribution in [-0.4, -0.2) is 36.7 Å². The molecule has 1 saturated heterocycles. The molecular weight excluding hydrogens is 403 g/mol. The summed E-state index contributed by atoms with van der Waals surface area (Å²) in [5, 5.41) is 7.04. The number of hydrogen-bond acceptors (Lipinski definition) is 3. The summed E-state index contributed by atoms with van der Waals surface area (Å²) in [6.07, 6.45) is 4.32. The molecular formula is C14H22ClIN4O. The van der Waals surface area contributed by atoms with Crippen molar-refractivity contribution in [3.05, 3.63) is 29.0 Å². The quantitative estimate of drug-likeness (QED) is 0.330. The van der Waals surface area contributed by atoms with Crippen LogP contribution in [0, 0.1) is 0 Å². The lowest BCUT2D eigenvalue weighted by atomic mass is 10.2. The topological polar surface area (TPSA) is 58.5 Å². The Bertz CT molecular complexity index is 435. The molecule has 118 valence electrons. The average Bonchev–Trinajstić information content (AvgIpc) is 2.97. The molecule has 0 radical (unpaired) electrons. The summed E-state index contributed by atoms with van der Waals surface area (Å²) in [5.41, 5.74) is 1.03. The molecule has 2 N–H and O–H groups in total. The Morgan fingerprint density at radius 2 is 2.33 bits per heavy atom. The van der Waals surface area contributed by atoms with Crippen LogP contribution in [0.2, 0.25) is 5.15 Å². The fourth-order valence-electron chi connectivity index (χ4n) is 2.03. The molecule has 2 heterocycles. The van der Waals surface area contributed by atoms with E-state index in [0.717, 1.165) is 44.1 Å². The zero-order chi connectivity index (χ0) is 14.2. The maximum Gasteiger partial charge on any atom is 0.191 e. The SMILES string of the molecule is CCNC(=NCc1ccc(Cl)nc1)NCC1CCCO1.I. The van der Waals surface area contributed by atoms with Gasteiger partial charge in [0.1, 0.15) is 5.15 Å². The van der Waals surface area contributed by atoms with Gasteiger partial charge in [0, 0.05) is 25.9 Å². The van der Waals surface area contributed by atoms with Gasteiger partial charge in [0.25, 0.3) is 0 Å². The molecule has 1 atom stereocenters. The van der Waals surface area contributed by atoms with E-state index in [1.165, 1.54) is 0 Å². The number of hydrogen-bond donors (Lipinski definition) is 2. The Labute approximate surface area is 147 Å². The van der Waals surface area contributed by atoms with E-state index in [1.54, 1.807) is 12.3 Å². The van der Waals surface area contributed by atoms with Crippen LogP contribution in [0.3, 0.4) is 0 Å². The standard InChI is InChI=1S/C14H21ClN4O.HI/c1-2-16-14(19-10-12-4-3-7-20-12)18-9-11-5-6-13(15)17-8-11;/h5-6,8,12H,2-4,7,9-10H2,1H3,(H2,16,18,19);1H. The maximum absolute atomic E-state index is 5.76. The van der Waals surface area contributed by atoms with Gasteiger partial charge in [0.15, 0.2) is 5.96 Å². The van der Waals surface area contributed by atoms with Crippen molar-refractivity contribution in [3.8, 4) is 0 Å².